The van der Waals surface area contributed by atoms with E-state index in [2.05, 4.69) is 10.4 Å². The number of hydrogen-bond donors (Lipinski definition) is 1. The van der Waals surface area contributed by atoms with Crippen molar-refractivity contribution in [3.8, 4) is 10.6 Å². The van der Waals surface area contributed by atoms with Gasteiger partial charge in [-0.3, -0.25) is 4.68 Å². The molecular weight excluding hydrogens is 342 g/mol. The molecule has 3 nitrogen and oxygen atoms in total. The molecule has 0 aliphatic rings. The maximum absolute atomic E-state index is 13.6. The van der Waals surface area contributed by atoms with Crippen LogP contribution in [0, 0.1) is 5.82 Å². The van der Waals surface area contributed by atoms with Crippen molar-refractivity contribution < 1.29 is 17.6 Å². The number of thiophene rings is 1. The van der Waals surface area contributed by atoms with Gasteiger partial charge in [-0.25, -0.2) is 4.39 Å². The van der Waals surface area contributed by atoms with E-state index in [0.29, 0.717) is 22.8 Å². The largest absolute Gasteiger partial charge is 0.435 e. The van der Waals surface area contributed by atoms with E-state index >= 15 is 0 Å². The van der Waals surface area contributed by atoms with Gasteiger partial charge in [-0.2, -0.15) is 18.3 Å². The van der Waals surface area contributed by atoms with Gasteiger partial charge in [-0.05, 0) is 30.3 Å². The van der Waals surface area contributed by atoms with Crippen LogP contribution in [0.4, 0.5) is 23.2 Å². The Balaban J connectivity index is 1.76. The third-order valence-electron chi connectivity index (χ3n) is 3.41. The molecule has 1 N–H and O–H groups in total. The van der Waals surface area contributed by atoms with Crippen molar-refractivity contribution in [3.05, 3.63) is 58.9 Å². The Morgan fingerprint density at radius 1 is 1.17 bits per heavy atom. The average molecular weight is 355 g/mol. The quantitative estimate of drug-likeness (QED) is 0.674. The van der Waals surface area contributed by atoms with Crippen LogP contribution >= 0.6 is 11.3 Å². The molecule has 0 atom stereocenters. The highest BCUT2D eigenvalue weighted by atomic mass is 32.1. The molecule has 0 spiro atoms. The van der Waals surface area contributed by atoms with Crippen LogP contribution in [-0.4, -0.2) is 9.78 Å². The van der Waals surface area contributed by atoms with Crippen LogP contribution in [0.3, 0.4) is 0 Å². The van der Waals surface area contributed by atoms with Crippen molar-refractivity contribution in [2.75, 3.05) is 5.32 Å². The summed E-state index contributed by atoms with van der Waals surface area (Å²) in [4.78, 5) is 1.55. The van der Waals surface area contributed by atoms with Crippen LogP contribution in [0.25, 0.3) is 10.6 Å². The number of benzene rings is 1. The van der Waals surface area contributed by atoms with Gasteiger partial charge >= 0.3 is 6.18 Å². The fourth-order valence-corrected chi connectivity index (χ4v) is 3.23. The van der Waals surface area contributed by atoms with Gasteiger partial charge in [0, 0.05) is 18.5 Å². The minimum Gasteiger partial charge on any atom is -0.378 e. The van der Waals surface area contributed by atoms with E-state index < -0.39 is 11.9 Å². The monoisotopic (exact) mass is 355 g/mol. The first-order valence-electron chi connectivity index (χ1n) is 7.03. The van der Waals surface area contributed by atoms with Crippen molar-refractivity contribution in [2.24, 2.45) is 7.05 Å². The minimum atomic E-state index is -4.47. The first-order valence-corrected chi connectivity index (χ1v) is 7.85. The number of nitrogens with zero attached hydrogens (tertiary/aromatic N) is 2. The molecule has 0 aliphatic carbocycles. The van der Waals surface area contributed by atoms with Gasteiger partial charge in [0.15, 0.2) is 5.69 Å². The smallest absolute Gasteiger partial charge is 0.378 e. The second-order valence-corrected chi connectivity index (χ2v) is 6.30. The molecule has 8 heteroatoms. The summed E-state index contributed by atoms with van der Waals surface area (Å²) in [6, 6.07) is 10.9. The Hall–Kier alpha value is -2.35. The summed E-state index contributed by atoms with van der Waals surface area (Å²) in [5, 5.41) is 6.48. The van der Waals surface area contributed by atoms with E-state index in [0.717, 1.165) is 10.9 Å². The standard InChI is InChI=1S/C16H13F4N3S/c1-23-13(8-15(22-23)16(18,19)20)14-7-6-10(24-14)9-21-12-5-3-2-4-11(12)17/h2-8,21H,9H2,1H3. The van der Waals surface area contributed by atoms with Gasteiger partial charge in [0.1, 0.15) is 5.82 Å². The molecule has 0 amide bonds. The van der Waals surface area contributed by atoms with E-state index in [1.165, 1.54) is 29.1 Å². The van der Waals surface area contributed by atoms with Crippen molar-refractivity contribution in [3.63, 3.8) is 0 Å². The summed E-state index contributed by atoms with van der Waals surface area (Å²) in [6.45, 7) is 0.385. The second-order valence-electron chi connectivity index (χ2n) is 5.14. The third-order valence-corrected chi connectivity index (χ3v) is 4.52. The molecule has 126 valence electrons. The molecule has 0 fully saturated rings. The molecule has 2 aromatic heterocycles. The Kier molecular flexibility index (Phi) is 4.31. The minimum absolute atomic E-state index is 0.351. The molecular formula is C16H13F4N3S. The number of rotatable bonds is 4. The molecule has 0 saturated carbocycles. The van der Waals surface area contributed by atoms with Gasteiger partial charge in [0.05, 0.1) is 16.3 Å². The molecule has 0 unspecified atom stereocenters. The Labute approximate surface area is 139 Å². The number of aromatic nitrogens is 2. The molecule has 0 aliphatic heterocycles. The fraction of sp³-hybridized carbons (Fsp3) is 0.188. The summed E-state index contributed by atoms with van der Waals surface area (Å²) >= 11 is 1.34. The highest BCUT2D eigenvalue weighted by molar-refractivity contribution is 7.15. The van der Waals surface area contributed by atoms with Crippen LogP contribution in [0.2, 0.25) is 0 Å². The van der Waals surface area contributed by atoms with Crippen molar-refractivity contribution in [1.29, 1.82) is 0 Å². The number of aryl methyl sites for hydroxylation is 1. The number of nitrogens with one attached hydrogen (secondary N) is 1. The van der Waals surface area contributed by atoms with Crippen molar-refractivity contribution >= 4 is 17.0 Å². The zero-order chi connectivity index (χ0) is 17.3. The molecule has 24 heavy (non-hydrogen) atoms. The lowest BCUT2D eigenvalue weighted by molar-refractivity contribution is -0.141. The van der Waals surface area contributed by atoms with Crippen LogP contribution in [0.15, 0.2) is 42.5 Å². The van der Waals surface area contributed by atoms with Crippen molar-refractivity contribution in [2.45, 2.75) is 12.7 Å². The van der Waals surface area contributed by atoms with Gasteiger partial charge in [0.25, 0.3) is 0 Å². The second kappa shape index (κ2) is 6.27. The molecule has 1 aromatic carbocycles. The number of para-hydroxylation sites is 1. The first-order chi connectivity index (χ1) is 11.3. The summed E-state index contributed by atoms with van der Waals surface area (Å²) in [6.07, 6.45) is -4.47. The predicted molar refractivity (Wildman–Crippen MR) is 85.2 cm³/mol. The highest BCUT2D eigenvalue weighted by Crippen LogP contribution is 2.34. The lowest BCUT2D eigenvalue weighted by Gasteiger charge is -2.05. The average Bonchev–Trinajstić information content (AvgIpc) is 3.12. The first kappa shape index (κ1) is 16.5. The van der Waals surface area contributed by atoms with Gasteiger partial charge in [-0.15, -0.1) is 11.3 Å². The van der Waals surface area contributed by atoms with Crippen molar-refractivity contribution in [1.82, 2.24) is 9.78 Å². The SMILES string of the molecule is Cn1nc(C(F)(F)F)cc1-c1ccc(CNc2ccccc2F)s1. The van der Waals surface area contributed by atoms with Crippen LogP contribution in [0.1, 0.15) is 10.6 Å². The molecule has 0 radical (unpaired) electrons. The summed E-state index contributed by atoms with van der Waals surface area (Å²) in [5.41, 5.74) is -0.142. The molecule has 3 aromatic rings. The Morgan fingerprint density at radius 3 is 2.58 bits per heavy atom. The highest BCUT2D eigenvalue weighted by Gasteiger charge is 2.34. The Bertz CT molecular complexity index is 851. The summed E-state index contributed by atoms with van der Waals surface area (Å²) in [5.74, 6) is -0.351. The number of halogens is 4. The van der Waals surface area contributed by atoms with Gasteiger partial charge in [-0.1, -0.05) is 12.1 Å². The van der Waals surface area contributed by atoms with E-state index in [9.17, 15) is 17.6 Å². The number of anilines is 1. The van der Waals surface area contributed by atoms with Crippen LogP contribution < -0.4 is 5.32 Å². The van der Waals surface area contributed by atoms with E-state index in [-0.39, 0.29) is 5.82 Å². The van der Waals surface area contributed by atoms with Crippen LogP contribution in [0.5, 0.6) is 0 Å². The maximum Gasteiger partial charge on any atom is 0.435 e. The maximum atomic E-state index is 13.6. The lowest BCUT2D eigenvalue weighted by Crippen LogP contribution is -2.06. The van der Waals surface area contributed by atoms with E-state index in [1.54, 1.807) is 30.3 Å². The molecule has 3 rings (SSSR count). The summed E-state index contributed by atoms with van der Waals surface area (Å²) < 4.78 is 53.0. The lowest BCUT2D eigenvalue weighted by atomic mass is 10.3. The molecule has 0 saturated heterocycles. The Morgan fingerprint density at radius 2 is 1.92 bits per heavy atom. The van der Waals surface area contributed by atoms with Gasteiger partial charge in [0.2, 0.25) is 0 Å². The van der Waals surface area contributed by atoms with E-state index in [1.807, 2.05) is 0 Å². The summed E-state index contributed by atoms with van der Waals surface area (Å²) in [7, 11) is 1.47. The molecule has 0 bridgehead atoms. The van der Waals surface area contributed by atoms with Crippen LogP contribution in [-0.2, 0) is 19.8 Å². The number of hydrogen-bond acceptors (Lipinski definition) is 3. The predicted octanol–water partition coefficient (Wildman–Crippen LogP) is 4.92. The number of alkyl halides is 3. The van der Waals surface area contributed by atoms with E-state index in [4.69, 9.17) is 0 Å². The third kappa shape index (κ3) is 3.43. The molecule has 2 heterocycles. The zero-order valence-electron chi connectivity index (χ0n) is 12.6. The van der Waals surface area contributed by atoms with Gasteiger partial charge < -0.3 is 5.32 Å². The normalized spacial score (nSPS) is 11.7. The fourth-order valence-electron chi connectivity index (χ4n) is 2.23. The topological polar surface area (TPSA) is 29.9 Å². The zero-order valence-corrected chi connectivity index (χ0v) is 13.4.